The maximum absolute atomic E-state index is 14.0. The molecular weight excluding hydrogens is 938 g/mol. The van der Waals surface area contributed by atoms with Crippen LogP contribution in [0.3, 0.4) is 0 Å². The van der Waals surface area contributed by atoms with Crippen LogP contribution in [-0.2, 0) is 20.9 Å². The van der Waals surface area contributed by atoms with Gasteiger partial charge < -0.3 is 37.0 Å². The van der Waals surface area contributed by atoms with Crippen LogP contribution in [0.2, 0.25) is 5.02 Å². The molecule has 0 aliphatic carbocycles. The zero-order valence-corrected chi connectivity index (χ0v) is 42.4. The van der Waals surface area contributed by atoms with Crippen LogP contribution in [0.5, 0.6) is 0 Å². The molecule has 4 aromatic carbocycles. The van der Waals surface area contributed by atoms with Gasteiger partial charge >= 0.3 is 6.03 Å². The summed E-state index contributed by atoms with van der Waals surface area (Å²) in [4.78, 5) is 73.7. The van der Waals surface area contributed by atoms with E-state index in [2.05, 4.69) is 31.3 Å². The van der Waals surface area contributed by atoms with Gasteiger partial charge in [-0.1, -0.05) is 125 Å². The largest absolute Gasteiger partial charge is 0.391 e. The first-order valence-electron chi connectivity index (χ1n) is 24.3. The van der Waals surface area contributed by atoms with Crippen molar-refractivity contribution in [2.45, 2.75) is 123 Å². The number of aliphatic hydroxyl groups excluding tert-OH is 1. The molecule has 6 aromatic rings. The number of aliphatic hydroxyl groups is 1. The summed E-state index contributed by atoms with van der Waals surface area (Å²) in [7, 11) is 0. The van der Waals surface area contributed by atoms with Crippen molar-refractivity contribution in [3.8, 4) is 21.6 Å². The van der Waals surface area contributed by atoms with Gasteiger partial charge in [0.05, 0.1) is 33.1 Å². The fourth-order valence-corrected chi connectivity index (χ4v) is 10.00. The van der Waals surface area contributed by atoms with Gasteiger partial charge in [-0.05, 0) is 83.8 Å². The predicted molar refractivity (Wildman–Crippen MR) is 282 cm³/mol. The number of unbranched alkanes of at least 4 members (excludes halogenated alkanes) is 7. The molecule has 0 radical (unpaired) electrons. The van der Waals surface area contributed by atoms with E-state index in [4.69, 9.17) is 17.3 Å². The summed E-state index contributed by atoms with van der Waals surface area (Å²) in [5.41, 5.74) is 13.9. The van der Waals surface area contributed by atoms with Crippen molar-refractivity contribution in [2.24, 2.45) is 5.41 Å². The van der Waals surface area contributed by atoms with Crippen molar-refractivity contribution in [3.63, 3.8) is 0 Å². The number of hydrogen-bond donors (Lipinski definition) is 6. The highest BCUT2D eigenvalue weighted by Gasteiger charge is 2.44. The third-order valence-corrected chi connectivity index (χ3v) is 14.0. The molecule has 1 aliphatic rings. The quantitative estimate of drug-likeness (QED) is 0.0401. The van der Waals surface area contributed by atoms with Crippen molar-refractivity contribution in [1.29, 1.82) is 0 Å². The Balaban J connectivity index is 0.802. The minimum atomic E-state index is -0.873. The van der Waals surface area contributed by atoms with Crippen molar-refractivity contribution < 1.29 is 29.1 Å². The lowest BCUT2D eigenvalue weighted by Gasteiger charge is -2.35. The first-order chi connectivity index (χ1) is 34.0. The first kappa shape index (κ1) is 52.2. The molecule has 0 saturated carbocycles. The third-order valence-electron chi connectivity index (χ3n) is 12.7. The fraction of sp³-hybridized carbons (Fsp3) is 0.389. The number of benzene rings is 4. The van der Waals surface area contributed by atoms with E-state index in [0.29, 0.717) is 46.6 Å². The van der Waals surface area contributed by atoms with Gasteiger partial charge in [0, 0.05) is 48.7 Å². The maximum Gasteiger partial charge on any atom is 0.323 e. The first-order valence-corrected chi connectivity index (χ1v) is 25.6. The number of aromatic nitrogens is 3. The second-order valence-corrected chi connectivity index (χ2v) is 20.6. The number of carbonyl (C=O) groups is 5. The Morgan fingerprint density at radius 3 is 2.14 bits per heavy atom. The normalized spacial score (nSPS) is 15.1. The molecule has 5 amide bonds. The van der Waals surface area contributed by atoms with Crippen LogP contribution < -0.4 is 27.0 Å². The highest BCUT2D eigenvalue weighted by atomic mass is 35.5. The van der Waals surface area contributed by atoms with Gasteiger partial charge in [0.25, 0.3) is 0 Å². The fourth-order valence-electron chi connectivity index (χ4n) is 8.99. The van der Waals surface area contributed by atoms with Gasteiger partial charge in [0.2, 0.25) is 23.6 Å². The van der Waals surface area contributed by atoms with E-state index in [9.17, 15) is 29.1 Å². The van der Waals surface area contributed by atoms with Crippen molar-refractivity contribution in [1.82, 2.24) is 30.3 Å². The summed E-state index contributed by atoms with van der Waals surface area (Å²) < 4.78 is 1.39. The van der Waals surface area contributed by atoms with E-state index in [1.54, 1.807) is 41.7 Å². The number of amides is 5. The molecule has 3 unspecified atom stereocenters. The van der Waals surface area contributed by atoms with Crippen molar-refractivity contribution in [2.75, 3.05) is 22.9 Å². The van der Waals surface area contributed by atoms with Gasteiger partial charge in [0.1, 0.15) is 12.1 Å². The Labute approximate surface area is 423 Å². The molecule has 374 valence electrons. The number of β-amino-alcohol motifs (C(OH)–C–C–N with tert-alkyl or cyclic N) is 1. The number of rotatable bonds is 20. The number of halogens is 1. The lowest BCUT2D eigenvalue weighted by molar-refractivity contribution is -0.144. The van der Waals surface area contributed by atoms with Crippen LogP contribution in [0.15, 0.2) is 96.5 Å². The van der Waals surface area contributed by atoms with Crippen LogP contribution in [0.25, 0.3) is 32.5 Å². The van der Waals surface area contributed by atoms with Gasteiger partial charge in [-0.2, -0.15) is 4.68 Å². The van der Waals surface area contributed by atoms with Crippen LogP contribution in [-0.4, -0.2) is 79.2 Å². The zero-order chi connectivity index (χ0) is 50.7. The predicted octanol–water partition coefficient (Wildman–Crippen LogP) is 10.4. The summed E-state index contributed by atoms with van der Waals surface area (Å²) in [6.07, 6.45) is 6.96. The summed E-state index contributed by atoms with van der Waals surface area (Å²) in [5, 5.41) is 27.8. The minimum absolute atomic E-state index is 0.0174. The lowest BCUT2D eigenvalue weighted by atomic mass is 9.85. The number of urea groups is 1. The van der Waals surface area contributed by atoms with Crippen LogP contribution in [0.1, 0.15) is 107 Å². The number of hydrogen-bond acceptors (Lipinski definition) is 10. The number of aryl methyl sites for hydroxylation is 1. The number of fused-ring (bicyclic) bond motifs is 1. The van der Waals surface area contributed by atoms with E-state index >= 15 is 0 Å². The topological polar surface area (TPSA) is 214 Å². The van der Waals surface area contributed by atoms with E-state index < -0.39 is 29.6 Å². The van der Waals surface area contributed by atoms with Gasteiger partial charge in [0.15, 0.2) is 5.82 Å². The second kappa shape index (κ2) is 24.0. The van der Waals surface area contributed by atoms with Crippen LogP contribution >= 0.6 is 22.9 Å². The maximum atomic E-state index is 14.0. The lowest BCUT2D eigenvalue weighted by Crippen LogP contribution is -2.57. The standard InChI is InChI=1S/C54H64ClN9O6S/c1-34-48(71-33-58-34)36-26-24-35(25-27-36)31-57-51(68)44-30-41(65)32-63(44)52(69)49(54(2,3)4)61-45(66)22-11-9-7-5-6-8-10-12-23-46(67)64-43-21-15-20-42(47(43)50(56)62-64)37-16-13-18-39(28-37)59-53(70)60-40-19-14-17-38(55)29-40/h13-21,24-29,33,41,44,49,65H,5-12,22-23,30-32H2,1-4H3,(H2,56,62)(H,57,68)(H,61,66)(H2,59,60,70). The zero-order valence-electron chi connectivity index (χ0n) is 40.8. The van der Waals surface area contributed by atoms with E-state index in [-0.39, 0.29) is 55.4 Å². The number of thiazole rings is 1. The number of nitrogens with two attached hydrogens (primary N) is 1. The summed E-state index contributed by atoms with van der Waals surface area (Å²) in [6, 6.07) is 25.6. The van der Waals surface area contributed by atoms with Gasteiger partial charge in [-0.15, -0.1) is 16.4 Å². The Kier molecular flexibility index (Phi) is 17.6. The van der Waals surface area contributed by atoms with Gasteiger partial charge in [-0.25, -0.2) is 9.78 Å². The smallest absolute Gasteiger partial charge is 0.323 e. The molecule has 1 aliphatic heterocycles. The molecular formula is C54H64ClN9O6S. The average molecular weight is 1000 g/mol. The monoisotopic (exact) mass is 1000 g/mol. The van der Waals surface area contributed by atoms with E-state index in [1.807, 2.05) is 93.9 Å². The molecule has 0 spiro atoms. The molecule has 7 rings (SSSR count). The molecule has 7 N–H and O–H groups in total. The molecule has 15 nitrogen and oxygen atoms in total. The number of nitrogens with one attached hydrogen (secondary N) is 4. The second-order valence-electron chi connectivity index (χ2n) is 19.3. The number of anilines is 3. The Bertz CT molecular complexity index is 2840. The van der Waals surface area contributed by atoms with Gasteiger partial charge in [-0.3, -0.25) is 19.2 Å². The highest BCUT2D eigenvalue weighted by molar-refractivity contribution is 7.13. The summed E-state index contributed by atoms with van der Waals surface area (Å²) in [6.45, 7) is 7.90. The Morgan fingerprint density at radius 1 is 0.831 bits per heavy atom. The number of carbonyl (C=O) groups excluding carboxylic acids is 5. The SMILES string of the molecule is Cc1ncsc1-c1ccc(CNC(=O)C2CC(O)CN2C(=O)C(NC(=O)CCCCCCCCCCC(=O)n2nc(N)c3c(-c4cccc(NC(=O)Nc5cccc(Cl)c5)c4)cccc32)C(C)(C)C)cc1. The van der Waals surface area contributed by atoms with Crippen molar-refractivity contribution >= 4 is 80.7 Å². The van der Waals surface area contributed by atoms with E-state index in [1.165, 1.54) is 9.58 Å². The Hall–Kier alpha value is -6.62. The number of nitrogens with zero attached hydrogens (tertiary/aromatic N) is 4. The molecule has 17 heteroatoms. The average Bonchev–Trinajstić information content (AvgIpc) is 4.06. The minimum Gasteiger partial charge on any atom is -0.391 e. The third kappa shape index (κ3) is 13.8. The van der Waals surface area contributed by atoms with Crippen LogP contribution in [0, 0.1) is 12.3 Å². The Morgan fingerprint density at radius 2 is 1.48 bits per heavy atom. The highest BCUT2D eigenvalue weighted by Crippen LogP contribution is 2.35. The molecule has 71 heavy (non-hydrogen) atoms. The number of nitrogen functional groups attached to an aromatic ring is 1. The van der Waals surface area contributed by atoms with Crippen molar-refractivity contribution in [3.05, 3.63) is 113 Å². The van der Waals surface area contributed by atoms with Crippen LogP contribution in [0.4, 0.5) is 22.0 Å². The molecule has 0 bridgehead atoms. The number of likely N-dealkylation sites (tertiary alicyclic amines) is 1. The molecule has 3 heterocycles. The molecule has 3 atom stereocenters. The molecule has 1 saturated heterocycles. The molecule has 2 aromatic heterocycles. The molecule has 1 fully saturated rings. The summed E-state index contributed by atoms with van der Waals surface area (Å²) >= 11 is 7.63. The van der Waals surface area contributed by atoms with E-state index in [0.717, 1.165) is 71.3 Å². The summed E-state index contributed by atoms with van der Waals surface area (Å²) in [5.74, 6) is -0.831.